The molecule has 8 nitrogen and oxygen atoms in total. The number of sulfonamides is 1. The maximum Gasteiger partial charge on any atom is 0.306 e. The number of rotatable bonds is 8. The zero-order valence-corrected chi connectivity index (χ0v) is 18.3. The zero-order chi connectivity index (χ0) is 21.6. The molecule has 1 aliphatic heterocycles. The summed E-state index contributed by atoms with van der Waals surface area (Å²) in [5, 5.41) is 2.71. The van der Waals surface area contributed by atoms with Gasteiger partial charge in [-0.05, 0) is 30.5 Å². The van der Waals surface area contributed by atoms with Crippen molar-refractivity contribution < 1.29 is 27.5 Å². The minimum absolute atomic E-state index is 0.0256. The number of hydrogen-bond acceptors (Lipinski definition) is 6. The standard InChI is InChI=1S/C20H27ClN2O6S/c21-17-7-6-16(30(26,27)23-9-11-28-12-10-23)13-18(17)22-19(24)14-29-20(25)8-5-15-3-1-2-4-15/h6-7,13,15H,1-5,8-12,14H2,(H,22,24). The fourth-order valence-corrected chi connectivity index (χ4v) is 5.32. The molecule has 30 heavy (non-hydrogen) atoms. The molecular formula is C20H27ClN2O6S. The molecule has 2 aliphatic rings. The van der Waals surface area contributed by atoms with Crippen LogP contribution in [0.5, 0.6) is 0 Å². The number of amides is 1. The van der Waals surface area contributed by atoms with Gasteiger partial charge in [0.2, 0.25) is 10.0 Å². The van der Waals surface area contributed by atoms with Crippen LogP contribution in [0.15, 0.2) is 23.1 Å². The molecule has 1 saturated carbocycles. The second-order valence-electron chi connectivity index (χ2n) is 7.56. The van der Waals surface area contributed by atoms with Gasteiger partial charge in [-0.1, -0.05) is 37.3 Å². The topological polar surface area (TPSA) is 102 Å². The van der Waals surface area contributed by atoms with Gasteiger partial charge in [0.05, 0.1) is 28.8 Å². The van der Waals surface area contributed by atoms with Gasteiger partial charge < -0.3 is 14.8 Å². The van der Waals surface area contributed by atoms with E-state index in [1.807, 2.05) is 0 Å². The molecule has 0 unspecified atom stereocenters. The number of morpholine rings is 1. The van der Waals surface area contributed by atoms with Crippen molar-refractivity contribution in [1.82, 2.24) is 4.31 Å². The Hall–Kier alpha value is -1.68. The van der Waals surface area contributed by atoms with Gasteiger partial charge in [-0.25, -0.2) is 8.42 Å². The summed E-state index contributed by atoms with van der Waals surface area (Å²) in [6.45, 7) is 0.762. The van der Waals surface area contributed by atoms with E-state index in [0.717, 1.165) is 19.3 Å². The molecule has 1 heterocycles. The lowest BCUT2D eigenvalue weighted by Gasteiger charge is -2.26. The van der Waals surface area contributed by atoms with Crippen LogP contribution in [-0.4, -0.2) is 57.5 Å². The first-order valence-corrected chi connectivity index (χ1v) is 12.0. The molecule has 3 rings (SSSR count). The molecule has 0 spiro atoms. The summed E-state index contributed by atoms with van der Waals surface area (Å²) < 4.78 is 37.1. The third kappa shape index (κ3) is 6.16. The van der Waals surface area contributed by atoms with Crippen molar-refractivity contribution in [2.75, 3.05) is 38.2 Å². The van der Waals surface area contributed by atoms with Crippen molar-refractivity contribution in [3.05, 3.63) is 23.2 Å². The van der Waals surface area contributed by atoms with Crippen molar-refractivity contribution in [3.63, 3.8) is 0 Å². The molecule has 1 saturated heterocycles. The average molecular weight is 459 g/mol. The molecule has 1 amide bonds. The molecule has 166 valence electrons. The highest BCUT2D eigenvalue weighted by Gasteiger charge is 2.27. The number of esters is 1. The molecule has 2 fully saturated rings. The minimum Gasteiger partial charge on any atom is -0.456 e. The first-order valence-electron chi connectivity index (χ1n) is 10.2. The highest BCUT2D eigenvalue weighted by molar-refractivity contribution is 7.89. The van der Waals surface area contributed by atoms with Crippen molar-refractivity contribution in [1.29, 1.82) is 0 Å². The average Bonchev–Trinajstić information content (AvgIpc) is 3.26. The predicted molar refractivity (Wildman–Crippen MR) is 112 cm³/mol. The lowest BCUT2D eigenvalue weighted by molar-refractivity contribution is -0.147. The van der Waals surface area contributed by atoms with Crippen LogP contribution in [0.25, 0.3) is 0 Å². The molecule has 0 bridgehead atoms. The van der Waals surface area contributed by atoms with Crippen molar-refractivity contribution in [2.24, 2.45) is 5.92 Å². The molecule has 1 aromatic rings. The minimum atomic E-state index is -3.72. The summed E-state index contributed by atoms with van der Waals surface area (Å²) in [5.74, 6) is -0.417. The van der Waals surface area contributed by atoms with E-state index < -0.39 is 28.5 Å². The molecule has 0 radical (unpaired) electrons. The van der Waals surface area contributed by atoms with Crippen LogP contribution in [0.4, 0.5) is 5.69 Å². The number of nitrogens with one attached hydrogen (secondary N) is 1. The molecule has 1 aliphatic carbocycles. The Morgan fingerprint density at radius 3 is 2.60 bits per heavy atom. The normalized spacial score (nSPS) is 18.3. The van der Waals surface area contributed by atoms with Crippen LogP contribution in [0.1, 0.15) is 38.5 Å². The van der Waals surface area contributed by atoms with Crippen molar-refractivity contribution >= 4 is 39.2 Å². The Morgan fingerprint density at radius 2 is 1.90 bits per heavy atom. The predicted octanol–water partition coefficient (Wildman–Crippen LogP) is 2.81. The van der Waals surface area contributed by atoms with Crippen LogP contribution in [0.3, 0.4) is 0 Å². The first kappa shape index (κ1) is 23.0. The van der Waals surface area contributed by atoms with E-state index in [4.69, 9.17) is 21.1 Å². The van der Waals surface area contributed by atoms with Crippen LogP contribution < -0.4 is 5.32 Å². The quantitative estimate of drug-likeness (QED) is 0.601. The van der Waals surface area contributed by atoms with E-state index in [9.17, 15) is 18.0 Å². The zero-order valence-electron chi connectivity index (χ0n) is 16.8. The number of benzene rings is 1. The second-order valence-corrected chi connectivity index (χ2v) is 9.90. The third-order valence-corrected chi connectivity index (χ3v) is 7.64. The van der Waals surface area contributed by atoms with Gasteiger partial charge in [-0.2, -0.15) is 4.31 Å². The maximum atomic E-state index is 12.8. The Kier molecular flexibility index (Phi) is 8.10. The summed E-state index contributed by atoms with van der Waals surface area (Å²) in [4.78, 5) is 24.1. The van der Waals surface area contributed by atoms with E-state index in [2.05, 4.69) is 5.32 Å². The number of hydrogen-bond donors (Lipinski definition) is 1. The summed E-state index contributed by atoms with van der Waals surface area (Å²) in [6.07, 6.45) is 5.80. The Morgan fingerprint density at radius 1 is 1.20 bits per heavy atom. The monoisotopic (exact) mass is 458 g/mol. The van der Waals surface area contributed by atoms with Crippen LogP contribution in [0.2, 0.25) is 5.02 Å². The molecule has 0 aromatic heterocycles. The van der Waals surface area contributed by atoms with Gasteiger partial charge in [-0.3, -0.25) is 9.59 Å². The molecule has 10 heteroatoms. The summed E-state index contributed by atoms with van der Waals surface area (Å²) >= 11 is 6.11. The van der Waals surface area contributed by atoms with E-state index in [1.165, 1.54) is 35.3 Å². The Labute approximate surface area is 181 Å². The van der Waals surface area contributed by atoms with Crippen molar-refractivity contribution in [2.45, 2.75) is 43.4 Å². The second kappa shape index (κ2) is 10.6. The number of carbonyl (C=O) groups is 2. The van der Waals surface area contributed by atoms with Crippen LogP contribution in [0, 0.1) is 5.92 Å². The van der Waals surface area contributed by atoms with E-state index in [1.54, 1.807) is 0 Å². The van der Waals surface area contributed by atoms with Gasteiger partial charge in [0.1, 0.15) is 0 Å². The van der Waals surface area contributed by atoms with Gasteiger partial charge >= 0.3 is 5.97 Å². The number of carbonyl (C=O) groups excluding carboxylic acids is 2. The number of halogens is 1. The van der Waals surface area contributed by atoms with Gasteiger partial charge in [0.25, 0.3) is 5.91 Å². The van der Waals surface area contributed by atoms with E-state index in [-0.39, 0.29) is 28.7 Å². The highest BCUT2D eigenvalue weighted by Crippen LogP contribution is 2.29. The summed E-state index contributed by atoms with van der Waals surface area (Å²) in [6, 6.07) is 4.12. The third-order valence-electron chi connectivity index (χ3n) is 5.42. The van der Waals surface area contributed by atoms with Gasteiger partial charge in [-0.15, -0.1) is 0 Å². The van der Waals surface area contributed by atoms with Gasteiger partial charge in [0.15, 0.2) is 6.61 Å². The molecule has 0 atom stereocenters. The summed E-state index contributed by atoms with van der Waals surface area (Å²) in [7, 11) is -3.72. The summed E-state index contributed by atoms with van der Waals surface area (Å²) in [5.41, 5.74) is 0.151. The maximum absolute atomic E-state index is 12.8. The Bertz CT molecular complexity index is 864. The molecule has 1 N–H and O–H groups in total. The fraction of sp³-hybridized carbons (Fsp3) is 0.600. The lowest BCUT2D eigenvalue weighted by Crippen LogP contribution is -2.40. The number of nitrogens with zero attached hydrogens (tertiary/aromatic N) is 1. The van der Waals surface area contributed by atoms with E-state index in [0.29, 0.717) is 25.6 Å². The van der Waals surface area contributed by atoms with E-state index >= 15 is 0 Å². The first-order chi connectivity index (χ1) is 14.4. The number of ether oxygens (including phenoxy) is 2. The Balaban J connectivity index is 1.54. The smallest absolute Gasteiger partial charge is 0.306 e. The largest absolute Gasteiger partial charge is 0.456 e. The van der Waals surface area contributed by atoms with Crippen LogP contribution in [-0.2, 0) is 29.1 Å². The SMILES string of the molecule is O=C(COC(=O)CCC1CCCC1)Nc1cc(S(=O)(=O)N2CCOCC2)ccc1Cl. The molecule has 1 aromatic carbocycles. The lowest BCUT2D eigenvalue weighted by atomic mass is 10.0. The number of anilines is 1. The van der Waals surface area contributed by atoms with Crippen LogP contribution >= 0.6 is 11.6 Å². The fourth-order valence-electron chi connectivity index (χ4n) is 3.72. The van der Waals surface area contributed by atoms with Gasteiger partial charge in [0, 0.05) is 19.5 Å². The van der Waals surface area contributed by atoms with Crippen molar-refractivity contribution in [3.8, 4) is 0 Å². The molecular weight excluding hydrogens is 432 g/mol. The highest BCUT2D eigenvalue weighted by atomic mass is 35.5.